The number of benzene rings is 3. The van der Waals surface area contributed by atoms with Crippen molar-refractivity contribution in [3.05, 3.63) is 113 Å². The van der Waals surface area contributed by atoms with Gasteiger partial charge in [-0.25, -0.2) is 19.2 Å². The highest BCUT2D eigenvalue weighted by Gasteiger charge is 2.27. The lowest BCUT2D eigenvalue weighted by Crippen LogP contribution is -2.19. The van der Waals surface area contributed by atoms with E-state index in [9.17, 15) is 10.1 Å². The van der Waals surface area contributed by atoms with E-state index in [1.165, 1.54) is 43.3 Å². The molecule has 0 saturated heterocycles. The number of hydrogen-bond acceptors (Lipinski definition) is 11. The van der Waals surface area contributed by atoms with Crippen LogP contribution in [0.25, 0.3) is 0 Å². The van der Waals surface area contributed by atoms with E-state index in [0.29, 0.717) is 22.2 Å². The Morgan fingerprint density at radius 3 is 2.53 bits per heavy atom. The number of imidazole rings is 1. The van der Waals surface area contributed by atoms with Crippen LogP contribution >= 0.6 is 11.8 Å². The quantitative estimate of drug-likeness (QED) is 0.134. The third kappa shape index (κ3) is 7.23. The number of halogens is 2. The average molecular weight is 683 g/mol. The molecule has 2 aromatic heterocycles. The lowest BCUT2D eigenvalue weighted by atomic mass is 10.1. The molecule has 0 bridgehead atoms. The Balaban J connectivity index is 1.30. The van der Waals surface area contributed by atoms with Crippen LogP contribution in [-0.4, -0.2) is 52.3 Å². The third-order valence-corrected chi connectivity index (χ3v) is 8.52. The molecule has 3 aromatic carbocycles. The van der Waals surface area contributed by atoms with Crippen molar-refractivity contribution >= 4 is 23.9 Å². The maximum Gasteiger partial charge on any atom is 0.356 e. The van der Waals surface area contributed by atoms with E-state index < -0.39 is 35.4 Å². The van der Waals surface area contributed by atoms with Gasteiger partial charge in [0.1, 0.15) is 24.2 Å². The van der Waals surface area contributed by atoms with Gasteiger partial charge in [-0.3, -0.25) is 9.89 Å². The van der Waals surface area contributed by atoms with Crippen molar-refractivity contribution in [1.29, 1.82) is 5.26 Å². The monoisotopic (exact) mass is 682 g/mol. The lowest BCUT2D eigenvalue weighted by molar-refractivity contribution is 0.0589. The van der Waals surface area contributed by atoms with Crippen molar-refractivity contribution in [2.24, 2.45) is 12.0 Å². The molecule has 3 heterocycles. The van der Waals surface area contributed by atoms with Gasteiger partial charge >= 0.3 is 5.97 Å². The standard InChI is InChI=1S/C35H28F2N6O5S/c1-42-14-13-39-32(42)24-16-23(49-35-41-19-26(43(35)2)34(44)45-3)10-12-27(24)47-31-25(36)18-40-33(30(31)37)48-29-15-22(17-38)9-11-28(29)46-20-21-7-5-4-6-8-21/h4-13,15-16,18-19,32H,14,20H2,1-3H3. The third-order valence-electron chi connectivity index (χ3n) is 7.47. The van der Waals surface area contributed by atoms with Gasteiger partial charge in [0.2, 0.25) is 11.6 Å². The molecule has 0 radical (unpaired) electrons. The second-order valence-corrected chi connectivity index (χ2v) is 11.8. The van der Waals surface area contributed by atoms with Crippen LogP contribution in [-0.2, 0) is 18.4 Å². The summed E-state index contributed by atoms with van der Waals surface area (Å²) in [5, 5.41) is 9.98. The smallest absolute Gasteiger partial charge is 0.356 e. The van der Waals surface area contributed by atoms with Gasteiger partial charge in [0, 0.05) is 36.3 Å². The Kier molecular flexibility index (Phi) is 9.84. The van der Waals surface area contributed by atoms with Crippen molar-refractivity contribution in [2.45, 2.75) is 22.8 Å². The number of carbonyl (C=O) groups is 1. The van der Waals surface area contributed by atoms with E-state index in [0.717, 1.165) is 11.8 Å². The molecule has 1 atom stereocenters. The molecule has 5 aromatic rings. The molecule has 0 amide bonds. The van der Waals surface area contributed by atoms with E-state index in [1.54, 1.807) is 36.0 Å². The molecule has 0 aliphatic carbocycles. The fraction of sp³-hybridized carbons (Fsp3) is 0.171. The number of aromatic nitrogens is 3. The summed E-state index contributed by atoms with van der Waals surface area (Å²) in [6.45, 7) is 0.730. The zero-order valence-electron chi connectivity index (χ0n) is 26.5. The number of carbonyl (C=O) groups excluding carboxylic acids is 1. The maximum atomic E-state index is 16.0. The molecule has 0 spiro atoms. The summed E-state index contributed by atoms with van der Waals surface area (Å²) >= 11 is 1.27. The Bertz CT molecular complexity index is 2090. The molecular formula is C35H28F2N6O5S. The van der Waals surface area contributed by atoms with Crippen molar-refractivity contribution in [3.63, 3.8) is 0 Å². The zero-order chi connectivity index (χ0) is 34.5. The van der Waals surface area contributed by atoms with Crippen molar-refractivity contribution in [2.75, 3.05) is 20.7 Å². The first kappa shape index (κ1) is 33.1. The summed E-state index contributed by atoms with van der Waals surface area (Å²) in [7, 11) is 4.84. The minimum Gasteiger partial charge on any atom is -0.485 e. The molecule has 0 fully saturated rings. The molecule has 0 N–H and O–H groups in total. The predicted molar refractivity (Wildman–Crippen MR) is 175 cm³/mol. The number of hydrogen-bond donors (Lipinski definition) is 0. The molecule has 49 heavy (non-hydrogen) atoms. The molecule has 248 valence electrons. The largest absolute Gasteiger partial charge is 0.485 e. The minimum absolute atomic E-state index is 0.00700. The number of nitriles is 1. The molecule has 1 aliphatic heterocycles. The van der Waals surface area contributed by atoms with Gasteiger partial charge in [0.15, 0.2) is 22.5 Å². The van der Waals surface area contributed by atoms with Gasteiger partial charge in [0.05, 0.1) is 31.1 Å². The molecular weight excluding hydrogens is 654 g/mol. The maximum absolute atomic E-state index is 16.0. The SMILES string of the molecule is COC(=O)c1cnc(Sc2ccc(Oc3c(F)cnc(Oc4cc(C#N)ccc4OCc4ccccc4)c3F)c(C3N=CCN3C)c2)n1C. The summed E-state index contributed by atoms with van der Waals surface area (Å²) < 4.78 is 55.3. The molecule has 11 nitrogen and oxygen atoms in total. The van der Waals surface area contributed by atoms with Crippen LogP contribution in [0.15, 0.2) is 94.2 Å². The fourth-order valence-corrected chi connectivity index (χ4v) is 5.78. The lowest BCUT2D eigenvalue weighted by Gasteiger charge is -2.22. The predicted octanol–water partition coefficient (Wildman–Crippen LogP) is 7.08. The van der Waals surface area contributed by atoms with Crippen LogP contribution in [0.2, 0.25) is 0 Å². The second-order valence-electron chi connectivity index (χ2n) is 10.7. The highest BCUT2D eigenvalue weighted by molar-refractivity contribution is 7.99. The second kappa shape index (κ2) is 14.5. The molecule has 1 aliphatic rings. The highest BCUT2D eigenvalue weighted by Crippen LogP contribution is 2.42. The summed E-state index contributed by atoms with van der Waals surface area (Å²) in [6, 6.07) is 20.9. The Hall–Kier alpha value is -5.78. The van der Waals surface area contributed by atoms with Crippen LogP contribution in [0.4, 0.5) is 8.78 Å². The van der Waals surface area contributed by atoms with Gasteiger partial charge in [-0.2, -0.15) is 9.65 Å². The summed E-state index contributed by atoms with van der Waals surface area (Å²) in [6.07, 6.45) is 3.44. The first-order chi connectivity index (χ1) is 23.7. The first-order valence-corrected chi connectivity index (χ1v) is 15.6. The number of aliphatic imine (C=N–C) groups is 1. The van der Waals surface area contributed by atoms with E-state index in [1.807, 2.05) is 48.3 Å². The topological polar surface area (TPSA) is 124 Å². The number of esters is 1. The van der Waals surface area contributed by atoms with Crippen LogP contribution in [0.3, 0.4) is 0 Å². The van der Waals surface area contributed by atoms with Gasteiger partial charge in [-0.05, 0) is 42.9 Å². The van der Waals surface area contributed by atoms with Crippen molar-refractivity contribution in [1.82, 2.24) is 19.4 Å². The summed E-state index contributed by atoms with van der Waals surface area (Å²) in [5.41, 5.74) is 1.92. The molecule has 14 heteroatoms. The van der Waals surface area contributed by atoms with E-state index >= 15 is 8.78 Å². The van der Waals surface area contributed by atoms with E-state index in [2.05, 4.69) is 15.0 Å². The van der Waals surface area contributed by atoms with Gasteiger partial charge in [0.25, 0.3) is 5.88 Å². The van der Waals surface area contributed by atoms with E-state index in [-0.39, 0.29) is 35.1 Å². The van der Waals surface area contributed by atoms with Crippen LogP contribution < -0.4 is 14.2 Å². The Morgan fingerprint density at radius 2 is 1.80 bits per heavy atom. The number of pyridine rings is 1. The van der Waals surface area contributed by atoms with E-state index in [4.69, 9.17) is 18.9 Å². The van der Waals surface area contributed by atoms with Crippen molar-refractivity contribution in [3.8, 4) is 34.9 Å². The molecule has 0 saturated carbocycles. The average Bonchev–Trinajstić information content (AvgIpc) is 3.72. The molecule has 6 rings (SSSR count). The number of nitrogens with zero attached hydrogens (tertiary/aromatic N) is 6. The number of rotatable bonds is 11. The van der Waals surface area contributed by atoms with Crippen LogP contribution in [0.5, 0.6) is 28.9 Å². The zero-order valence-corrected chi connectivity index (χ0v) is 27.3. The summed E-state index contributed by atoms with van der Waals surface area (Å²) in [4.78, 5) is 27.4. The fourth-order valence-electron chi connectivity index (χ4n) is 4.90. The van der Waals surface area contributed by atoms with Gasteiger partial charge in [-0.1, -0.05) is 42.1 Å². The Morgan fingerprint density at radius 1 is 1.00 bits per heavy atom. The van der Waals surface area contributed by atoms with Crippen LogP contribution in [0, 0.1) is 23.0 Å². The normalized spacial score (nSPS) is 14.0. The summed E-state index contributed by atoms with van der Waals surface area (Å²) in [5.74, 6) is -3.74. The highest BCUT2D eigenvalue weighted by atomic mass is 32.2. The first-order valence-electron chi connectivity index (χ1n) is 14.8. The molecule has 1 unspecified atom stereocenters. The number of methoxy groups -OCH3 is 1. The van der Waals surface area contributed by atoms with Gasteiger partial charge in [-0.15, -0.1) is 0 Å². The van der Waals surface area contributed by atoms with Crippen molar-refractivity contribution < 1.29 is 32.5 Å². The Labute approximate surface area is 284 Å². The number of ether oxygens (including phenoxy) is 4. The van der Waals surface area contributed by atoms with Gasteiger partial charge < -0.3 is 23.5 Å². The minimum atomic E-state index is -1.20. The van der Waals surface area contributed by atoms with Crippen LogP contribution in [0.1, 0.15) is 33.3 Å².